The molecule has 6 heteroatoms. The van der Waals surface area contributed by atoms with Crippen molar-refractivity contribution in [1.82, 2.24) is 14.8 Å². The van der Waals surface area contributed by atoms with Crippen molar-refractivity contribution in [3.8, 4) is 11.4 Å². The summed E-state index contributed by atoms with van der Waals surface area (Å²) in [6.07, 6.45) is 0. The van der Waals surface area contributed by atoms with E-state index in [2.05, 4.69) is 67.8 Å². The van der Waals surface area contributed by atoms with Gasteiger partial charge in [0.25, 0.3) is 0 Å². The summed E-state index contributed by atoms with van der Waals surface area (Å²) >= 11 is 10.9. The van der Waals surface area contributed by atoms with Gasteiger partial charge in [0.1, 0.15) is 0 Å². The Balaban J connectivity index is 2.67. The second kappa shape index (κ2) is 4.97. The van der Waals surface area contributed by atoms with Gasteiger partial charge in [-0.15, -0.1) is 0 Å². The van der Waals surface area contributed by atoms with Crippen LogP contribution in [0.25, 0.3) is 11.4 Å². The van der Waals surface area contributed by atoms with E-state index >= 15 is 0 Å². The van der Waals surface area contributed by atoms with E-state index in [0.717, 1.165) is 26.0 Å². The third-order valence-electron chi connectivity index (χ3n) is 2.24. The normalized spacial score (nSPS) is 10.7. The molecule has 0 radical (unpaired) electrons. The minimum Gasteiger partial charge on any atom is -0.300 e. The lowest BCUT2D eigenvalue weighted by Gasteiger charge is -2.06. The van der Waals surface area contributed by atoms with Gasteiger partial charge < -0.3 is 4.57 Å². The van der Waals surface area contributed by atoms with Crippen molar-refractivity contribution in [3.05, 3.63) is 31.0 Å². The summed E-state index contributed by atoms with van der Waals surface area (Å²) in [5, 5.41) is 7.11. The molecule has 0 spiro atoms. The van der Waals surface area contributed by atoms with Crippen molar-refractivity contribution in [2.75, 3.05) is 0 Å². The van der Waals surface area contributed by atoms with Crippen molar-refractivity contribution in [2.24, 2.45) is 0 Å². The predicted molar refractivity (Wildman–Crippen MR) is 78.9 cm³/mol. The van der Waals surface area contributed by atoms with Crippen molar-refractivity contribution in [1.29, 1.82) is 0 Å². The Hall–Kier alpha value is -0.210. The van der Waals surface area contributed by atoms with E-state index < -0.39 is 0 Å². The third-order valence-corrected chi connectivity index (χ3v) is 3.99. The van der Waals surface area contributed by atoms with Crippen LogP contribution in [0, 0.1) is 8.34 Å². The maximum Gasteiger partial charge on any atom is 0.195 e. The lowest BCUT2D eigenvalue weighted by Crippen LogP contribution is -1.98. The molecule has 0 atom stereocenters. The summed E-state index contributed by atoms with van der Waals surface area (Å²) in [4.78, 5) is 0. The lowest BCUT2D eigenvalue weighted by molar-refractivity contribution is 0.755. The van der Waals surface area contributed by atoms with E-state index in [9.17, 15) is 0 Å². The quantitative estimate of drug-likeness (QED) is 0.600. The molecule has 0 saturated carbocycles. The minimum absolute atomic E-state index is 0.660. The minimum atomic E-state index is 0.660. The van der Waals surface area contributed by atoms with Crippen molar-refractivity contribution in [2.45, 2.75) is 13.5 Å². The summed E-state index contributed by atoms with van der Waals surface area (Å²) in [7, 11) is 0. The molecule has 2 rings (SSSR count). The van der Waals surface area contributed by atoms with Crippen LogP contribution < -0.4 is 0 Å². The molecule has 0 saturated heterocycles. The molecule has 1 aromatic heterocycles. The molecule has 0 unspecified atom stereocenters. The molecule has 0 bridgehead atoms. The van der Waals surface area contributed by atoms with Crippen LogP contribution >= 0.6 is 50.7 Å². The smallest absolute Gasteiger partial charge is 0.195 e. The molecule has 1 heterocycles. The molecular weight excluding hydrogens is 401 g/mol. The molecule has 3 nitrogen and oxygen atoms in total. The summed E-state index contributed by atoms with van der Waals surface area (Å²) in [6, 6.07) is 6.12. The van der Waals surface area contributed by atoms with Crippen LogP contribution in [0.2, 0.25) is 0 Å². The van der Waals surface area contributed by atoms with Crippen LogP contribution in [-0.2, 0) is 6.54 Å². The van der Waals surface area contributed by atoms with Crippen molar-refractivity contribution >= 4 is 50.7 Å². The van der Waals surface area contributed by atoms with E-state index in [1.165, 1.54) is 0 Å². The molecule has 0 aliphatic rings. The first-order valence-corrected chi connectivity index (χ1v) is 7.02. The Labute approximate surface area is 121 Å². The zero-order valence-corrected chi connectivity index (χ0v) is 13.1. The van der Waals surface area contributed by atoms with Gasteiger partial charge in [0.2, 0.25) is 0 Å². The summed E-state index contributed by atoms with van der Waals surface area (Å²) in [5.74, 6) is 0.887. The van der Waals surface area contributed by atoms with Crippen molar-refractivity contribution < 1.29 is 0 Å². The topological polar surface area (TPSA) is 33.6 Å². The number of nitrogens with zero attached hydrogens (tertiary/aromatic N) is 2. The van der Waals surface area contributed by atoms with E-state index in [0.29, 0.717) is 4.77 Å². The maximum absolute atomic E-state index is 5.18. The number of H-pyrrole nitrogens is 1. The van der Waals surface area contributed by atoms with Gasteiger partial charge in [-0.05, 0) is 59.9 Å². The Bertz CT molecular complexity index is 576. The van der Waals surface area contributed by atoms with Gasteiger partial charge in [-0.1, -0.05) is 15.9 Å². The van der Waals surface area contributed by atoms with E-state index in [4.69, 9.17) is 12.2 Å². The number of rotatable bonds is 2. The second-order valence-electron chi connectivity index (χ2n) is 3.22. The van der Waals surface area contributed by atoms with Crippen LogP contribution in [0.15, 0.2) is 22.7 Å². The number of aromatic nitrogens is 3. The summed E-state index contributed by atoms with van der Waals surface area (Å²) in [6.45, 7) is 2.87. The molecule has 0 amide bonds. The Morgan fingerprint density at radius 2 is 2.31 bits per heavy atom. The zero-order valence-electron chi connectivity index (χ0n) is 8.50. The Kier molecular flexibility index (Phi) is 3.81. The SMILES string of the molecule is CCn1c(-c2cc(Br)ccc2I)n[nH]c1=S. The number of hydrogen-bond acceptors (Lipinski definition) is 2. The molecule has 16 heavy (non-hydrogen) atoms. The van der Waals surface area contributed by atoms with E-state index in [-0.39, 0.29) is 0 Å². The van der Waals surface area contributed by atoms with Crippen molar-refractivity contribution in [3.63, 3.8) is 0 Å². The standard InChI is InChI=1S/C10H9BrIN3S/c1-2-15-9(13-14-10(15)16)7-5-6(11)3-4-8(7)12/h3-5H,2H2,1H3,(H,14,16). The molecule has 1 aromatic carbocycles. The lowest BCUT2D eigenvalue weighted by atomic mass is 10.2. The monoisotopic (exact) mass is 409 g/mol. The first-order valence-electron chi connectivity index (χ1n) is 4.74. The molecule has 1 N–H and O–H groups in total. The van der Waals surface area contributed by atoms with Gasteiger partial charge in [-0.2, -0.15) is 5.10 Å². The van der Waals surface area contributed by atoms with Crippen LogP contribution in [-0.4, -0.2) is 14.8 Å². The van der Waals surface area contributed by atoms with E-state index in [1.807, 2.05) is 10.6 Å². The van der Waals surface area contributed by atoms with Gasteiger partial charge >= 0.3 is 0 Å². The number of halogens is 2. The van der Waals surface area contributed by atoms with Gasteiger partial charge in [-0.3, -0.25) is 5.10 Å². The molecule has 0 aliphatic carbocycles. The number of nitrogens with one attached hydrogen (secondary N) is 1. The highest BCUT2D eigenvalue weighted by Gasteiger charge is 2.11. The fourth-order valence-corrected chi connectivity index (χ4v) is 2.68. The highest BCUT2D eigenvalue weighted by Crippen LogP contribution is 2.27. The molecule has 0 fully saturated rings. The van der Waals surface area contributed by atoms with Crippen LogP contribution in [0.4, 0.5) is 0 Å². The van der Waals surface area contributed by atoms with Gasteiger partial charge in [0, 0.05) is 20.2 Å². The fraction of sp³-hybridized carbons (Fsp3) is 0.200. The highest BCUT2D eigenvalue weighted by molar-refractivity contribution is 14.1. The molecule has 0 aliphatic heterocycles. The molecular formula is C10H9BrIN3S. The predicted octanol–water partition coefficient (Wildman–Crippen LogP) is 3.99. The molecule has 84 valence electrons. The second-order valence-corrected chi connectivity index (χ2v) is 5.69. The van der Waals surface area contributed by atoms with Crippen LogP contribution in [0.1, 0.15) is 6.92 Å². The number of hydrogen-bond donors (Lipinski definition) is 1. The average molecular weight is 410 g/mol. The maximum atomic E-state index is 5.18. The third kappa shape index (κ3) is 2.23. The first-order chi connectivity index (χ1) is 7.63. The highest BCUT2D eigenvalue weighted by atomic mass is 127. The molecule has 2 aromatic rings. The summed E-state index contributed by atoms with van der Waals surface area (Å²) < 4.78 is 4.84. The van der Waals surface area contributed by atoms with Crippen LogP contribution in [0.3, 0.4) is 0 Å². The first kappa shape index (κ1) is 12.3. The summed E-state index contributed by atoms with van der Waals surface area (Å²) in [5.41, 5.74) is 1.09. The van der Waals surface area contributed by atoms with Gasteiger partial charge in [0.15, 0.2) is 10.6 Å². The number of benzene rings is 1. The van der Waals surface area contributed by atoms with E-state index in [1.54, 1.807) is 0 Å². The Morgan fingerprint density at radius 1 is 1.56 bits per heavy atom. The fourth-order valence-electron chi connectivity index (χ4n) is 1.49. The van der Waals surface area contributed by atoms with Crippen LogP contribution in [0.5, 0.6) is 0 Å². The van der Waals surface area contributed by atoms with Gasteiger partial charge in [-0.25, -0.2) is 0 Å². The number of aromatic amines is 1. The zero-order chi connectivity index (χ0) is 11.7. The van der Waals surface area contributed by atoms with Gasteiger partial charge in [0.05, 0.1) is 0 Å². The average Bonchev–Trinajstić information content (AvgIpc) is 2.63. The Morgan fingerprint density at radius 3 is 3.00 bits per heavy atom. The largest absolute Gasteiger partial charge is 0.300 e.